The minimum Gasteiger partial charge on any atom is -0.385 e. The maximum Gasteiger partial charge on any atom is 0.0529 e. The molecule has 16 heavy (non-hydrogen) atoms. The highest BCUT2D eigenvalue weighted by Crippen LogP contribution is 2.14. The Hall–Kier alpha value is -1.09. The Morgan fingerprint density at radius 3 is 2.62 bits per heavy atom. The number of aryl methyl sites for hydroxylation is 1. The van der Waals surface area contributed by atoms with Gasteiger partial charge in [0, 0.05) is 25.5 Å². The monoisotopic (exact) mass is 222 g/mol. The molecule has 1 atom stereocenters. The van der Waals surface area contributed by atoms with Crippen molar-refractivity contribution in [1.82, 2.24) is 4.98 Å². The van der Waals surface area contributed by atoms with Gasteiger partial charge in [-0.1, -0.05) is 13.8 Å². The molecular formula is C13H22N2O. The van der Waals surface area contributed by atoms with Gasteiger partial charge in [0.05, 0.1) is 11.9 Å². The van der Waals surface area contributed by atoms with Crippen molar-refractivity contribution in [3.8, 4) is 0 Å². The molecule has 1 rings (SSSR count). The second-order valence-corrected chi connectivity index (χ2v) is 4.46. The van der Waals surface area contributed by atoms with Crippen LogP contribution in [-0.2, 0) is 4.74 Å². The molecule has 1 aromatic heterocycles. The Balaban J connectivity index is 2.57. The maximum atomic E-state index is 5.12. The summed E-state index contributed by atoms with van der Waals surface area (Å²) in [6.07, 6.45) is 2.90. The lowest BCUT2D eigenvalue weighted by Crippen LogP contribution is -2.27. The molecule has 1 aromatic rings. The van der Waals surface area contributed by atoms with E-state index in [1.807, 2.05) is 19.2 Å². The normalized spacial score (nSPS) is 12.8. The molecule has 1 N–H and O–H groups in total. The van der Waals surface area contributed by atoms with E-state index >= 15 is 0 Å². The number of aromatic nitrogens is 1. The van der Waals surface area contributed by atoms with Crippen molar-refractivity contribution in [3.05, 3.63) is 24.0 Å². The molecule has 0 aromatic carbocycles. The Morgan fingerprint density at radius 1 is 1.38 bits per heavy atom. The zero-order chi connectivity index (χ0) is 12.0. The average Bonchev–Trinajstić information content (AvgIpc) is 2.26. The van der Waals surface area contributed by atoms with Crippen molar-refractivity contribution >= 4 is 5.69 Å². The third-order valence-corrected chi connectivity index (χ3v) is 2.70. The number of nitrogens with one attached hydrogen (secondary N) is 1. The van der Waals surface area contributed by atoms with Crippen molar-refractivity contribution in [2.24, 2.45) is 5.92 Å². The fourth-order valence-corrected chi connectivity index (χ4v) is 1.58. The fraction of sp³-hybridized carbons (Fsp3) is 0.615. The molecule has 3 heteroatoms. The Bertz CT molecular complexity index is 295. The summed E-state index contributed by atoms with van der Waals surface area (Å²) in [5, 5.41) is 3.50. The van der Waals surface area contributed by atoms with Crippen LogP contribution in [0, 0.1) is 12.8 Å². The predicted octanol–water partition coefficient (Wildman–Crippen LogP) is 2.86. The van der Waals surface area contributed by atoms with Gasteiger partial charge in [0.15, 0.2) is 0 Å². The van der Waals surface area contributed by atoms with E-state index in [1.165, 1.54) is 0 Å². The van der Waals surface area contributed by atoms with Crippen LogP contribution >= 0.6 is 0 Å². The maximum absolute atomic E-state index is 5.12. The van der Waals surface area contributed by atoms with Crippen LogP contribution in [0.1, 0.15) is 26.0 Å². The first kappa shape index (κ1) is 13.0. The van der Waals surface area contributed by atoms with Crippen molar-refractivity contribution < 1.29 is 4.74 Å². The van der Waals surface area contributed by atoms with Gasteiger partial charge in [-0.25, -0.2) is 0 Å². The number of hydrogen-bond acceptors (Lipinski definition) is 3. The molecule has 90 valence electrons. The number of methoxy groups -OCH3 is 1. The van der Waals surface area contributed by atoms with E-state index in [2.05, 4.69) is 30.2 Å². The van der Waals surface area contributed by atoms with Gasteiger partial charge >= 0.3 is 0 Å². The van der Waals surface area contributed by atoms with Crippen molar-refractivity contribution in [1.29, 1.82) is 0 Å². The molecule has 0 saturated carbocycles. The summed E-state index contributed by atoms with van der Waals surface area (Å²) >= 11 is 0. The third kappa shape index (κ3) is 4.19. The standard InChI is InChI=1S/C13H22N2O/c1-10(2)13(7-8-16-4)15-12-6-5-11(3)14-9-12/h5-6,9-10,13,15H,7-8H2,1-4H3. The minimum atomic E-state index is 0.435. The number of pyridine rings is 1. The van der Waals surface area contributed by atoms with Gasteiger partial charge in [-0.15, -0.1) is 0 Å². The quantitative estimate of drug-likeness (QED) is 0.803. The zero-order valence-electron chi connectivity index (χ0n) is 10.7. The number of nitrogens with zero attached hydrogens (tertiary/aromatic N) is 1. The predicted molar refractivity (Wildman–Crippen MR) is 67.7 cm³/mol. The van der Waals surface area contributed by atoms with Gasteiger partial charge in [-0.2, -0.15) is 0 Å². The van der Waals surface area contributed by atoms with E-state index < -0.39 is 0 Å². The van der Waals surface area contributed by atoms with Gasteiger partial charge in [-0.05, 0) is 31.4 Å². The smallest absolute Gasteiger partial charge is 0.0529 e. The number of rotatable bonds is 6. The van der Waals surface area contributed by atoms with Crippen LogP contribution in [-0.4, -0.2) is 24.7 Å². The van der Waals surface area contributed by atoms with Crippen LogP contribution in [0.3, 0.4) is 0 Å². The van der Waals surface area contributed by atoms with Gasteiger partial charge in [0.2, 0.25) is 0 Å². The molecule has 0 spiro atoms. The first-order valence-electron chi connectivity index (χ1n) is 5.81. The Morgan fingerprint density at radius 2 is 2.12 bits per heavy atom. The first-order valence-corrected chi connectivity index (χ1v) is 5.81. The van der Waals surface area contributed by atoms with Crippen LogP contribution in [0.5, 0.6) is 0 Å². The Kier molecular flexibility index (Phi) is 5.26. The van der Waals surface area contributed by atoms with Crippen molar-refractivity contribution in [2.45, 2.75) is 33.2 Å². The van der Waals surface area contributed by atoms with Gasteiger partial charge in [-0.3, -0.25) is 4.98 Å². The molecule has 0 amide bonds. The molecule has 0 radical (unpaired) electrons. The highest BCUT2D eigenvalue weighted by Gasteiger charge is 2.12. The summed E-state index contributed by atoms with van der Waals surface area (Å²) in [5.41, 5.74) is 2.13. The third-order valence-electron chi connectivity index (χ3n) is 2.70. The molecule has 1 heterocycles. The lowest BCUT2D eigenvalue weighted by molar-refractivity contribution is 0.184. The summed E-state index contributed by atoms with van der Waals surface area (Å²) in [4.78, 5) is 4.28. The SMILES string of the molecule is COCCC(Nc1ccc(C)nc1)C(C)C. The minimum absolute atomic E-state index is 0.435. The molecule has 1 unspecified atom stereocenters. The highest BCUT2D eigenvalue weighted by molar-refractivity contribution is 5.41. The van der Waals surface area contributed by atoms with Crippen LogP contribution in [0.4, 0.5) is 5.69 Å². The largest absolute Gasteiger partial charge is 0.385 e. The van der Waals surface area contributed by atoms with E-state index in [0.29, 0.717) is 12.0 Å². The molecule has 0 aliphatic carbocycles. The van der Waals surface area contributed by atoms with E-state index in [4.69, 9.17) is 4.74 Å². The summed E-state index contributed by atoms with van der Waals surface area (Å²) < 4.78 is 5.12. The molecule has 0 aliphatic rings. The lowest BCUT2D eigenvalue weighted by Gasteiger charge is -2.23. The van der Waals surface area contributed by atoms with E-state index in [9.17, 15) is 0 Å². The van der Waals surface area contributed by atoms with Crippen molar-refractivity contribution in [3.63, 3.8) is 0 Å². The summed E-state index contributed by atoms with van der Waals surface area (Å²) in [6.45, 7) is 7.22. The Labute approximate surface area is 98.2 Å². The first-order chi connectivity index (χ1) is 7.63. The van der Waals surface area contributed by atoms with Crippen LogP contribution in [0.15, 0.2) is 18.3 Å². The summed E-state index contributed by atoms with van der Waals surface area (Å²) in [5.74, 6) is 0.580. The van der Waals surface area contributed by atoms with E-state index in [-0.39, 0.29) is 0 Å². The number of anilines is 1. The van der Waals surface area contributed by atoms with Crippen LogP contribution in [0.25, 0.3) is 0 Å². The lowest BCUT2D eigenvalue weighted by atomic mass is 10.0. The van der Waals surface area contributed by atoms with Crippen LogP contribution < -0.4 is 5.32 Å². The van der Waals surface area contributed by atoms with E-state index in [0.717, 1.165) is 24.4 Å². The summed E-state index contributed by atoms with van der Waals surface area (Å²) in [6, 6.07) is 4.53. The molecule has 0 aliphatic heterocycles. The van der Waals surface area contributed by atoms with Gasteiger partial charge in [0.1, 0.15) is 0 Å². The number of ether oxygens (including phenoxy) is 1. The molecular weight excluding hydrogens is 200 g/mol. The van der Waals surface area contributed by atoms with Crippen molar-refractivity contribution in [2.75, 3.05) is 19.0 Å². The molecule has 0 bridgehead atoms. The number of hydrogen-bond donors (Lipinski definition) is 1. The molecule has 0 fully saturated rings. The second-order valence-electron chi connectivity index (χ2n) is 4.46. The fourth-order valence-electron chi connectivity index (χ4n) is 1.58. The summed E-state index contributed by atoms with van der Waals surface area (Å²) in [7, 11) is 1.74. The van der Waals surface area contributed by atoms with Gasteiger partial charge in [0.25, 0.3) is 0 Å². The van der Waals surface area contributed by atoms with Gasteiger partial charge < -0.3 is 10.1 Å². The second kappa shape index (κ2) is 6.48. The average molecular weight is 222 g/mol. The molecule has 3 nitrogen and oxygen atoms in total. The highest BCUT2D eigenvalue weighted by atomic mass is 16.5. The zero-order valence-corrected chi connectivity index (χ0v) is 10.7. The van der Waals surface area contributed by atoms with E-state index in [1.54, 1.807) is 7.11 Å². The molecule has 0 saturated heterocycles. The van der Waals surface area contributed by atoms with Crippen LogP contribution in [0.2, 0.25) is 0 Å². The topological polar surface area (TPSA) is 34.1 Å².